The van der Waals surface area contributed by atoms with Gasteiger partial charge in [-0.2, -0.15) is 0 Å². The highest BCUT2D eigenvalue weighted by atomic mass is 32.2. The molecule has 0 aromatic heterocycles. The quantitative estimate of drug-likeness (QED) is 0.216. The number of benzene rings is 2. The van der Waals surface area contributed by atoms with Crippen molar-refractivity contribution in [1.29, 1.82) is 0 Å². The fourth-order valence-electron chi connectivity index (χ4n) is 6.45. The van der Waals surface area contributed by atoms with E-state index in [1.807, 2.05) is 46.8 Å². The van der Waals surface area contributed by atoms with Crippen LogP contribution in [0.5, 0.6) is 17.2 Å². The molecule has 272 valence electrons. The van der Waals surface area contributed by atoms with Crippen molar-refractivity contribution in [3.05, 3.63) is 52.1 Å². The second-order valence-corrected chi connectivity index (χ2v) is 14.9. The number of aliphatic carboxylic acids is 1. The monoisotopic (exact) mass is 712 g/mol. The molecule has 0 spiro atoms. The summed E-state index contributed by atoms with van der Waals surface area (Å²) in [6, 6.07) is 7.15. The van der Waals surface area contributed by atoms with E-state index in [0.29, 0.717) is 36.3 Å². The number of amides is 3. The summed E-state index contributed by atoms with van der Waals surface area (Å²) in [5, 5.41) is 21.9. The van der Waals surface area contributed by atoms with Crippen molar-refractivity contribution in [3.8, 4) is 17.2 Å². The summed E-state index contributed by atoms with van der Waals surface area (Å²) < 4.78 is 18.4. The number of Topliss-reactive ketones (excluding diaryl/α,β-unsaturated/α-hetero) is 1. The van der Waals surface area contributed by atoms with Crippen LogP contribution in [0.15, 0.2) is 24.3 Å². The Kier molecular flexibility index (Phi) is 12.6. The molecule has 0 radical (unpaired) electrons. The summed E-state index contributed by atoms with van der Waals surface area (Å²) in [7, 11) is 0. The highest BCUT2D eigenvalue weighted by molar-refractivity contribution is 8.15. The number of carboxylic acid groups (broad SMARTS) is 1. The normalized spacial score (nSPS) is 19.7. The molecule has 2 heterocycles. The van der Waals surface area contributed by atoms with Gasteiger partial charge in [0, 0.05) is 18.5 Å². The van der Waals surface area contributed by atoms with Crippen LogP contribution in [0.4, 0.5) is 4.79 Å². The lowest BCUT2D eigenvalue weighted by molar-refractivity contribution is -0.156. The maximum absolute atomic E-state index is 14.3. The van der Waals surface area contributed by atoms with E-state index in [1.165, 1.54) is 6.92 Å². The molecule has 2 aromatic carbocycles. The zero-order valence-electron chi connectivity index (χ0n) is 29.8. The van der Waals surface area contributed by atoms with E-state index in [0.717, 1.165) is 34.0 Å². The van der Waals surface area contributed by atoms with Gasteiger partial charge in [0.15, 0.2) is 11.4 Å². The van der Waals surface area contributed by atoms with Crippen LogP contribution in [0.3, 0.4) is 0 Å². The molecule has 2 aliphatic rings. The summed E-state index contributed by atoms with van der Waals surface area (Å²) >= 11 is 0.970. The first kappa shape index (κ1) is 38.7. The zero-order valence-corrected chi connectivity index (χ0v) is 30.6. The second-order valence-electron chi connectivity index (χ2n) is 13.7. The van der Waals surface area contributed by atoms with E-state index < -0.39 is 34.6 Å². The third kappa shape index (κ3) is 8.97. The first-order chi connectivity index (χ1) is 23.5. The van der Waals surface area contributed by atoms with Gasteiger partial charge < -0.3 is 29.3 Å². The Bertz CT molecular complexity index is 1630. The molecule has 13 heteroatoms. The lowest BCUT2D eigenvalue weighted by Crippen LogP contribution is -2.54. The molecule has 4 unspecified atom stereocenters. The van der Waals surface area contributed by atoms with E-state index in [-0.39, 0.29) is 61.4 Å². The average Bonchev–Trinajstić information content (AvgIpc) is 3.38. The number of hydrogen-bond acceptors (Lipinski definition) is 10. The molecule has 3 amide bonds. The van der Waals surface area contributed by atoms with E-state index in [1.54, 1.807) is 24.0 Å². The first-order valence-corrected chi connectivity index (χ1v) is 17.8. The van der Waals surface area contributed by atoms with Gasteiger partial charge in [-0.05, 0) is 94.2 Å². The van der Waals surface area contributed by atoms with Gasteiger partial charge in [0.05, 0.1) is 24.3 Å². The molecule has 2 aromatic rings. The highest BCUT2D eigenvalue weighted by Gasteiger charge is 2.43. The van der Waals surface area contributed by atoms with Gasteiger partial charge in [-0.3, -0.25) is 29.3 Å². The van der Waals surface area contributed by atoms with Crippen LogP contribution in [0.25, 0.3) is 0 Å². The van der Waals surface area contributed by atoms with Gasteiger partial charge >= 0.3 is 5.97 Å². The minimum absolute atomic E-state index is 0.0278. The van der Waals surface area contributed by atoms with Crippen LogP contribution in [-0.2, 0) is 36.8 Å². The van der Waals surface area contributed by atoms with Crippen molar-refractivity contribution in [2.24, 2.45) is 11.8 Å². The van der Waals surface area contributed by atoms with Crippen molar-refractivity contribution in [1.82, 2.24) is 10.2 Å². The summed E-state index contributed by atoms with van der Waals surface area (Å²) in [4.78, 5) is 63.9. The summed E-state index contributed by atoms with van der Waals surface area (Å²) in [5.74, 6) is -1.77. The zero-order chi connectivity index (χ0) is 36.9. The standard InChI is InChI=1S/C37H48N2O10S/c1-20(2)18-28(34(43)44)32(24(6)40)48-17-15-39(14-16-47-26-10-8-25(9-11-26)19-29-33(42)38-36(46)50-29)35(45)37(7)13-12-27-23(5)30(41)21(3)22(4)31(27)49-37/h8-11,20,28-29,32,41H,12-19H2,1-7H3,(H,43,44)(H,38,42,46). The van der Waals surface area contributed by atoms with Gasteiger partial charge in [-0.25, -0.2) is 0 Å². The molecule has 0 aliphatic carbocycles. The summed E-state index contributed by atoms with van der Waals surface area (Å²) in [5.41, 5.74) is 2.66. The first-order valence-electron chi connectivity index (χ1n) is 16.9. The third-order valence-corrected chi connectivity index (χ3v) is 10.4. The largest absolute Gasteiger partial charge is 0.507 e. The number of thioether (sulfide) groups is 1. The van der Waals surface area contributed by atoms with Gasteiger partial charge in [-0.15, -0.1) is 0 Å². The lowest BCUT2D eigenvalue weighted by Gasteiger charge is -2.39. The topological polar surface area (TPSA) is 169 Å². The summed E-state index contributed by atoms with van der Waals surface area (Å²) in [6.07, 6.45) is 0.367. The number of ketones is 1. The van der Waals surface area contributed by atoms with E-state index in [4.69, 9.17) is 14.2 Å². The van der Waals surface area contributed by atoms with Crippen molar-refractivity contribution < 1.29 is 48.4 Å². The lowest BCUT2D eigenvalue weighted by atomic mass is 9.86. The fraction of sp³-hybridized carbons (Fsp3) is 0.541. The number of carboxylic acids is 1. The minimum Gasteiger partial charge on any atom is -0.507 e. The molecular formula is C37H48N2O10S. The van der Waals surface area contributed by atoms with Gasteiger partial charge in [0.2, 0.25) is 5.91 Å². The third-order valence-electron chi connectivity index (χ3n) is 9.47. The van der Waals surface area contributed by atoms with Crippen LogP contribution in [-0.4, -0.2) is 87.2 Å². The molecule has 1 saturated heterocycles. The molecule has 3 N–H and O–H groups in total. The molecule has 12 nitrogen and oxygen atoms in total. The molecule has 4 atom stereocenters. The number of ether oxygens (including phenoxy) is 3. The Hall–Kier alpha value is -4.10. The fourth-order valence-corrected chi connectivity index (χ4v) is 7.31. The summed E-state index contributed by atoms with van der Waals surface area (Å²) in [6.45, 7) is 12.5. The number of imide groups is 1. The maximum Gasteiger partial charge on any atom is 0.309 e. The van der Waals surface area contributed by atoms with Crippen molar-refractivity contribution in [2.75, 3.05) is 26.3 Å². The van der Waals surface area contributed by atoms with Gasteiger partial charge in [0.25, 0.3) is 11.1 Å². The van der Waals surface area contributed by atoms with Crippen LogP contribution >= 0.6 is 11.8 Å². The Morgan fingerprint density at radius 2 is 1.72 bits per heavy atom. The van der Waals surface area contributed by atoms with Crippen LogP contribution in [0.2, 0.25) is 0 Å². The van der Waals surface area contributed by atoms with Gasteiger partial charge in [-0.1, -0.05) is 37.7 Å². The molecule has 50 heavy (non-hydrogen) atoms. The highest BCUT2D eigenvalue weighted by Crippen LogP contribution is 2.43. The number of nitrogens with zero attached hydrogens (tertiary/aromatic N) is 1. The van der Waals surface area contributed by atoms with Crippen molar-refractivity contribution in [3.63, 3.8) is 0 Å². The average molecular weight is 713 g/mol. The van der Waals surface area contributed by atoms with Crippen molar-refractivity contribution in [2.45, 2.75) is 91.1 Å². The Labute approximate surface area is 297 Å². The van der Waals surface area contributed by atoms with E-state index in [2.05, 4.69) is 5.32 Å². The maximum atomic E-state index is 14.3. The predicted molar refractivity (Wildman–Crippen MR) is 188 cm³/mol. The molecular weight excluding hydrogens is 664 g/mol. The number of hydrogen-bond donors (Lipinski definition) is 3. The molecule has 0 bridgehead atoms. The minimum atomic E-state index is -1.25. The van der Waals surface area contributed by atoms with E-state index >= 15 is 0 Å². The number of carbonyl (C=O) groups excluding carboxylic acids is 4. The number of phenols is 1. The Morgan fingerprint density at radius 3 is 2.30 bits per heavy atom. The smallest absolute Gasteiger partial charge is 0.309 e. The molecule has 0 saturated carbocycles. The Balaban J connectivity index is 1.49. The molecule has 2 aliphatic heterocycles. The van der Waals surface area contributed by atoms with Crippen LogP contribution in [0, 0.1) is 32.6 Å². The SMILES string of the molecule is CC(=O)C(OCCN(CCOc1ccc(CC2SC(=O)NC2=O)cc1)C(=O)C1(C)CCc2c(C)c(O)c(C)c(C)c2O1)C(CC(C)C)C(=O)O. The molecule has 4 rings (SSSR count). The predicted octanol–water partition coefficient (Wildman–Crippen LogP) is 4.92. The number of carbonyl (C=O) groups is 5. The number of fused-ring (bicyclic) bond motifs is 1. The number of phenolic OH excluding ortho intramolecular Hbond substituents is 1. The second kappa shape index (κ2) is 16.3. The van der Waals surface area contributed by atoms with Crippen LogP contribution in [0.1, 0.15) is 68.4 Å². The van der Waals surface area contributed by atoms with Gasteiger partial charge in [0.1, 0.15) is 30.0 Å². The van der Waals surface area contributed by atoms with Crippen LogP contribution < -0.4 is 14.8 Å². The number of nitrogens with one attached hydrogen (secondary N) is 1. The number of aromatic hydroxyl groups is 1. The Morgan fingerprint density at radius 1 is 1.06 bits per heavy atom. The number of rotatable bonds is 16. The van der Waals surface area contributed by atoms with E-state index in [9.17, 15) is 34.2 Å². The molecule has 1 fully saturated rings. The van der Waals surface area contributed by atoms with Crippen molar-refractivity contribution >= 4 is 40.6 Å².